The van der Waals surface area contributed by atoms with E-state index in [2.05, 4.69) is 0 Å². The summed E-state index contributed by atoms with van der Waals surface area (Å²) in [5, 5.41) is 10.4. The van der Waals surface area contributed by atoms with Gasteiger partial charge in [0.2, 0.25) is 0 Å². The predicted molar refractivity (Wildman–Crippen MR) is 101 cm³/mol. The van der Waals surface area contributed by atoms with Gasteiger partial charge in [-0.05, 0) is 31.0 Å². The number of benzene rings is 2. The zero-order valence-corrected chi connectivity index (χ0v) is 15.5. The maximum atomic E-state index is 14.0. The fraction of sp³-hybridized carbons (Fsp3) is 0.429. The van der Waals surface area contributed by atoms with Gasteiger partial charge >= 0.3 is 0 Å². The lowest BCUT2D eigenvalue weighted by atomic mass is 10.2. The molecule has 142 valence electrons. The summed E-state index contributed by atoms with van der Waals surface area (Å²) in [5.74, 6) is 0.543. The van der Waals surface area contributed by atoms with Crippen LogP contribution in [0.15, 0.2) is 48.5 Å². The van der Waals surface area contributed by atoms with Crippen LogP contribution >= 0.6 is 0 Å². The highest BCUT2D eigenvalue weighted by molar-refractivity contribution is 5.31. The van der Waals surface area contributed by atoms with Gasteiger partial charge in [-0.25, -0.2) is 4.39 Å². The molecule has 0 bridgehead atoms. The van der Waals surface area contributed by atoms with Crippen LogP contribution in [0, 0.1) is 12.7 Å². The number of para-hydroxylation sites is 1. The van der Waals surface area contributed by atoms with Gasteiger partial charge < -0.3 is 14.6 Å². The Morgan fingerprint density at radius 1 is 1.12 bits per heavy atom. The molecule has 2 aromatic rings. The average molecular weight is 361 g/mol. The summed E-state index contributed by atoms with van der Waals surface area (Å²) in [6, 6.07) is 14.4. The molecule has 26 heavy (non-hydrogen) atoms. The summed E-state index contributed by atoms with van der Waals surface area (Å²) in [5.41, 5.74) is 1.65. The third kappa shape index (κ3) is 6.75. The third-order valence-electron chi connectivity index (χ3n) is 4.17. The van der Waals surface area contributed by atoms with Crippen molar-refractivity contribution in [1.82, 2.24) is 4.90 Å². The molecule has 0 aliphatic carbocycles. The molecule has 1 N–H and O–H groups in total. The summed E-state index contributed by atoms with van der Waals surface area (Å²) in [7, 11) is 1.66. The second-order valence-electron chi connectivity index (χ2n) is 6.40. The molecule has 0 unspecified atom stereocenters. The first-order valence-electron chi connectivity index (χ1n) is 8.91. The van der Waals surface area contributed by atoms with Crippen LogP contribution in [0.25, 0.3) is 0 Å². The van der Waals surface area contributed by atoms with Gasteiger partial charge in [0.15, 0.2) is 0 Å². The number of halogens is 1. The number of aliphatic hydroxyl groups is 1. The molecule has 0 aliphatic rings. The van der Waals surface area contributed by atoms with Crippen molar-refractivity contribution in [1.29, 1.82) is 0 Å². The maximum absolute atomic E-state index is 14.0. The van der Waals surface area contributed by atoms with Gasteiger partial charge in [-0.15, -0.1) is 0 Å². The minimum absolute atomic E-state index is 0.197. The number of aryl methyl sites for hydroxylation is 1. The lowest BCUT2D eigenvalue weighted by Gasteiger charge is -2.25. The van der Waals surface area contributed by atoms with E-state index in [9.17, 15) is 9.50 Å². The molecule has 0 fully saturated rings. The van der Waals surface area contributed by atoms with Crippen molar-refractivity contribution >= 4 is 0 Å². The van der Waals surface area contributed by atoms with Crippen LogP contribution in [0.1, 0.15) is 17.5 Å². The van der Waals surface area contributed by atoms with Gasteiger partial charge in [-0.2, -0.15) is 0 Å². The summed E-state index contributed by atoms with van der Waals surface area (Å²) in [6.07, 6.45) is 0.153. The summed E-state index contributed by atoms with van der Waals surface area (Å²) in [6.45, 7) is 4.36. The monoisotopic (exact) mass is 361 g/mol. The average Bonchev–Trinajstić information content (AvgIpc) is 2.63. The van der Waals surface area contributed by atoms with E-state index in [4.69, 9.17) is 9.47 Å². The molecule has 0 aliphatic heterocycles. The van der Waals surface area contributed by atoms with Crippen molar-refractivity contribution < 1.29 is 19.0 Å². The highest BCUT2D eigenvalue weighted by Crippen LogP contribution is 2.17. The molecule has 0 heterocycles. The van der Waals surface area contributed by atoms with E-state index in [1.54, 1.807) is 19.2 Å². The van der Waals surface area contributed by atoms with Crippen LogP contribution in [-0.2, 0) is 11.3 Å². The van der Waals surface area contributed by atoms with Gasteiger partial charge in [0.25, 0.3) is 0 Å². The smallest absolute Gasteiger partial charge is 0.127 e. The van der Waals surface area contributed by atoms with Crippen molar-refractivity contribution in [3.63, 3.8) is 0 Å². The Bertz CT molecular complexity index is 665. The van der Waals surface area contributed by atoms with Crippen molar-refractivity contribution in [3.05, 3.63) is 65.5 Å². The number of nitrogens with zero attached hydrogens (tertiary/aromatic N) is 1. The number of hydrogen-bond acceptors (Lipinski definition) is 4. The van der Waals surface area contributed by atoms with Crippen LogP contribution in [0.5, 0.6) is 5.75 Å². The first-order chi connectivity index (χ1) is 12.6. The zero-order valence-electron chi connectivity index (χ0n) is 15.5. The number of ether oxygens (including phenoxy) is 2. The zero-order chi connectivity index (χ0) is 18.8. The van der Waals surface area contributed by atoms with E-state index in [0.29, 0.717) is 31.8 Å². The SMILES string of the molecule is COCCCN(Cc1ccccc1F)C[C@H](O)COc1ccccc1C. The van der Waals surface area contributed by atoms with E-state index in [-0.39, 0.29) is 12.4 Å². The molecule has 4 nitrogen and oxygen atoms in total. The van der Waals surface area contributed by atoms with Gasteiger partial charge in [0.05, 0.1) is 0 Å². The lowest BCUT2D eigenvalue weighted by molar-refractivity contribution is 0.0612. The first-order valence-corrected chi connectivity index (χ1v) is 8.91. The quantitative estimate of drug-likeness (QED) is 0.623. The lowest BCUT2D eigenvalue weighted by Crippen LogP contribution is -2.36. The number of aliphatic hydroxyl groups excluding tert-OH is 1. The Balaban J connectivity index is 1.91. The largest absolute Gasteiger partial charge is 0.491 e. The third-order valence-corrected chi connectivity index (χ3v) is 4.17. The Kier molecular flexibility index (Phi) is 8.54. The van der Waals surface area contributed by atoms with Crippen LogP contribution in [0.3, 0.4) is 0 Å². The maximum Gasteiger partial charge on any atom is 0.127 e. The van der Waals surface area contributed by atoms with E-state index < -0.39 is 6.10 Å². The standard InChI is InChI=1S/C21H28FNO3/c1-17-8-3-6-11-21(17)26-16-19(24)15-23(12-7-13-25-2)14-18-9-4-5-10-20(18)22/h3-6,8-11,19,24H,7,12-16H2,1-2H3/t19-/m0/s1. The molecule has 0 saturated carbocycles. The minimum atomic E-state index is -0.663. The summed E-state index contributed by atoms with van der Waals surface area (Å²) < 4.78 is 24.8. The van der Waals surface area contributed by atoms with Crippen LogP contribution in [-0.4, -0.2) is 49.5 Å². The van der Waals surface area contributed by atoms with Crippen LogP contribution in [0.4, 0.5) is 4.39 Å². The molecule has 2 aromatic carbocycles. The molecule has 0 saturated heterocycles. The molecule has 5 heteroatoms. The van der Waals surface area contributed by atoms with E-state index in [0.717, 1.165) is 17.7 Å². The number of rotatable bonds is 11. The van der Waals surface area contributed by atoms with E-state index in [1.165, 1.54) is 6.07 Å². The highest BCUT2D eigenvalue weighted by atomic mass is 19.1. The van der Waals surface area contributed by atoms with Gasteiger partial charge in [-0.1, -0.05) is 36.4 Å². The first kappa shape index (κ1) is 20.4. The van der Waals surface area contributed by atoms with Crippen molar-refractivity contribution in [3.8, 4) is 5.75 Å². The Morgan fingerprint density at radius 2 is 1.85 bits per heavy atom. The van der Waals surface area contributed by atoms with Gasteiger partial charge in [-0.3, -0.25) is 4.90 Å². The molecular weight excluding hydrogens is 333 g/mol. The van der Waals surface area contributed by atoms with Gasteiger partial charge in [0.1, 0.15) is 24.3 Å². The Hall–Kier alpha value is -1.95. The van der Waals surface area contributed by atoms with Crippen molar-refractivity contribution in [2.75, 3.05) is 33.4 Å². The van der Waals surface area contributed by atoms with Crippen LogP contribution < -0.4 is 4.74 Å². The molecule has 1 atom stereocenters. The Morgan fingerprint density at radius 3 is 2.58 bits per heavy atom. The fourth-order valence-corrected chi connectivity index (χ4v) is 2.79. The molecule has 0 amide bonds. The van der Waals surface area contributed by atoms with Crippen molar-refractivity contribution in [2.45, 2.75) is 26.0 Å². The fourth-order valence-electron chi connectivity index (χ4n) is 2.79. The normalized spacial score (nSPS) is 12.3. The molecule has 2 rings (SSSR count). The van der Waals surface area contributed by atoms with Crippen LogP contribution in [0.2, 0.25) is 0 Å². The minimum Gasteiger partial charge on any atom is -0.491 e. The van der Waals surface area contributed by atoms with E-state index >= 15 is 0 Å². The van der Waals surface area contributed by atoms with Crippen molar-refractivity contribution in [2.24, 2.45) is 0 Å². The summed E-state index contributed by atoms with van der Waals surface area (Å²) >= 11 is 0. The second kappa shape index (κ2) is 10.9. The highest BCUT2D eigenvalue weighted by Gasteiger charge is 2.15. The summed E-state index contributed by atoms with van der Waals surface area (Å²) in [4.78, 5) is 2.03. The topological polar surface area (TPSA) is 41.9 Å². The molecule has 0 radical (unpaired) electrons. The molecular formula is C21H28FNO3. The molecule has 0 aromatic heterocycles. The predicted octanol–water partition coefficient (Wildman–Crippen LogP) is 3.41. The number of methoxy groups -OCH3 is 1. The number of hydrogen-bond donors (Lipinski definition) is 1. The Labute approximate surface area is 155 Å². The van der Waals surface area contributed by atoms with Gasteiger partial charge in [0, 0.05) is 38.9 Å². The van der Waals surface area contributed by atoms with E-state index in [1.807, 2.05) is 42.2 Å². The molecule has 0 spiro atoms. The second-order valence-corrected chi connectivity index (χ2v) is 6.40.